The second-order valence-corrected chi connectivity index (χ2v) is 8.01. The zero-order valence-electron chi connectivity index (χ0n) is 14.2. The Balaban J connectivity index is 1.50. The van der Waals surface area contributed by atoms with E-state index in [1.165, 1.54) is 0 Å². The lowest BCUT2D eigenvalue weighted by molar-refractivity contribution is -0.154. The first-order valence-electron chi connectivity index (χ1n) is 8.96. The predicted molar refractivity (Wildman–Crippen MR) is 97.1 cm³/mol. The molecule has 0 saturated carbocycles. The van der Waals surface area contributed by atoms with E-state index in [0.717, 1.165) is 41.9 Å². The lowest BCUT2D eigenvalue weighted by Crippen LogP contribution is -2.47. The minimum atomic E-state index is -0.676. The van der Waals surface area contributed by atoms with Crippen LogP contribution >= 0.6 is 11.3 Å². The van der Waals surface area contributed by atoms with Crippen molar-refractivity contribution in [2.45, 2.75) is 44.6 Å². The first-order valence-corrected chi connectivity index (χ1v) is 9.84. The molecule has 1 N–H and O–H groups in total. The largest absolute Gasteiger partial charge is 0.481 e. The highest BCUT2D eigenvalue weighted by Gasteiger charge is 2.44. The van der Waals surface area contributed by atoms with Crippen molar-refractivity contribution in [3.63, 3.8) is 0 Å². The van der Waals surface area contributed by atoms with Gasteiger partial charge in [0.25, 0.3) is 0 Å². The molecule has 4 rings (SSSR count). The lowest BCUT2D eigenvalue weighted by Gasteiger charge is -2.41. The molecule has 0 aliphatic carbocycles. The van der Waals surface area contributed by atoms with Crippen LogP contribution < -0.4 is 4.90 Å². The number of carboxylic acids is 1. The molecule has 0 amide bonds. The van der Waals surface area contributed by atoms with Crippen LogP contribution in [-0.4, -0.2) is 46.8 Å². The molecule has 134 valence electrons. The average molecular weight is 361 g/mol. The van der Waals surface area contributed by atoms with Gasteiger partial charge in [0.05, 0.1) is 21.7 Å². The molecule has 2 aliphatic rings. The highest BCUT2D eigenvalue weighted by Crippen LogP contribution is 2.41. The summed E-state index contributed by atoms with van der Waals surface area (Å²) >= 11 is 1.64. The van der Waals surface area contributed by atoms with Crippen LogP contribution in [0.1, 0.15) is 38.5 Å². The number of ether oxygens (including phenoxy) is 1. The molecule has 1 atom stereocenters. The van der Waals surface area contributed by atoms with Gasteiger partial charge in [-0.05, 0) is 50.0 Å². The standard InChI is InChI=1S/C18H23N3O3S/c22-17(23)18(11-13-3-1-2-9-24-13)5-7-21(8-6-18)16-15-14(4-10-25-15)19-12-20-16/h4,10,12-13H,1-3,5-9,11H2,(H,22,23)/t13-/m1/s1. The van der Waals surface area contributed by atoms with Crippen molar-refractivity contribution in [1.82, 2.24) is 9.97 Å². The second kappa shape index (κ2) is 6.88. The maximum Gasteiger partial charge on any atom is 0.309 e. The van der Waals surface area contributed by atoms with E-state index in [4.69, 9.17) is 4.74 Å². The smallest absolute Gasteiger partial charge is 0.309 e. The first-order chi connectivity index (χ1) is 12.2. The van der Waals surface area contributed by atoms with Gasteiger partial charge in [-0.1, -0.05) is 0 Å². The number of rotatable bonds is 4. The van der Waals surface area contributed by atoms with Gasteiger partial charge in [-0.2, -0.15) is 0 Å². The summed E-state index contributed by atoms with van der Waals surface area (Å²) in [5.74, 6) is 0.262. The Kier molecular flexibility index (Phi) is 4.60. The van der Waals surface area contributed by atoms with Gasteiger partial charge in [0.2, 0.25) is 0 Å². The Labute approximate surface area is 150 Å². The summed E-state index contributed by atoms with van der Waals surface area (Å²) in [6.07, 6.45) is 6.82. The molecule has 2 aromatic heterocycles. The SMILES string of the molecule is O=C(O)C1(C[C@H]2CCCCO2)CCN(c2ncnc3ccsc23)CC1. The highest BCUT2D eigenvalue weighted by molar-refractivity contribution is 7.17. The molecule has 2 saturated heterocycles. The van der Waals surface area contributed by atoms with E-state index in [1.807, 2.05) is 11.4 Å². The molecule has 2 aromatic rings. The molecule has 25 heavy (non-hydrogen) atoms. The van der Waals surface area contributed by atoms with Crippen LogP contribution in [0.4, 0.5) is 5.82 Å². The summed E-state index contributed by atoms with van der Waals surface area (Å²) in [5.41, 5.74) is 0.292. The Morgan fingerprint density at radius 1 is 1.36 bits per heavy atom. The summed E-state index contributed by atoms with van der Waals surface area (Å²) in [4.78, 5) is 23.0. The maximum absolute atomic E-state index is 12.1. The van der Waals surface area contributed by atoms with Crippen molar-refractivity contribution in [2.75, 3.05) is 24.6 Å². The number of fused-ring (bicyclic) bond motifs is 1. The van der Waals surface area contributed by atoms with Crippen molar-refractivity contribution in [2.24, 2.45) is 5.41 Å². The molecule has 0 unspecified atom stereocenters. The van der Waals surface area contributed by atoms with E-state index >= 15 is 0 Å². The van der Waals surface area contributed by atoms with Crippen molar-refractivity contribution in [3.8, 4) is 0 Å². The third kappa shape index (κ3) is 3.22. The monoisotopic (exact) mass is 361 g/mol. The number of nitrogens with zero attached hydrogens (tertiary/aromatic N) is 3. The molecule has 7 heteroatoms. The number of anilines is 1. The zero-order valence-corrected chi connectivity index (χ0v) is 15.0. The molecule has 2 fully saturated rings. The number of hydrogen-bond acceptors (Lipinski definition) is 6. The van der Waals surface area contributed by atoms with Crippen molar-refractivity contribution in [1.29, 1.82) is 0 Å². The van der Waals surface area contributed by atoms with Gasteiger partial charge in [0.15, 0.2) is 0 Å². The maximum atomic E-state index is 12.1. The molecule has 0 spiro atoms. The zero-order chi connectivity index (χ0) is 17.3. The normalized spacial score (nSPS) is 23.7. The van der Waals surface area contributed by atoms with Crippen LogP contribution in [0.3, 0.4) is 0 Å². The summed E-state index contributed by atoms with van der Waals surface area (Å²) in [6.45, 7) is 2.19. The lowest BCUT2D eigenvalue weighted by atomic mass is 9.73. The number of carboxylic acid groups (broad SMARTS) is 1. The van der Waals surface area contributed by atoms with Gasteiger partial charge in [-0.15, -0.1) is 11.3 Å². The topological polar surface area (TPSA) is 75.6 Å². The van der Waals surface area contributed by atoms with Crippen LogP contribution in [0.15, 0.2) is 17.8 Å². The summed E-state index contributed by atoms with van der Waals surface area (Å²) in [6, 6.07) is 2.00. The molecular weight excluding hydrogens is 338 g/mol. The Hall–Kier alpha value is -1.73. The number of piperidine rings is 1. The van der Waals surface area contributed by atoms with Crippen LogP contribution in [0.2, 0.25) is 0 Å². The average Bonchev–Trinajstić information content (AvgIpc) is 3.12. The fourth-order valence-electron chi connectivity index (χ4n) is 4.06. The highest BCUT2D eigenvalue weighted by atomic mass is 32.1. The van der Waals surface area contributed by atoms with E-state index in [0.29, 0.717) is 32.4 Å². The van der Waals surface area contributed by atoms with Crippen molar-refractivity contribution >= 4 is 33.3 Å². The van der Waals surface area contributed by atoms with Crippen LogP contribution in [0.5, 0.6) is 0 Å². The molecule has 0 bridgehead atoms. The van der Waals surface area contributed by atoms with Crippen molar-refractivity contribution < 1.29 is 14.6 Å². The summed E-state index contributed by atoms with van der Waals surface area (Å²) in [5, 5.41) is 11.9. The molecule has 2 aliphatic heterocycles. The number of aliphatic carboxylic acids is 1. The van der Waals surface area contributed by atoms with Gasteiger partial charge in [0, 0.05) is 19.7 Å². The van der Waals surface area contributed by atoms with Gasteiger partial charge in [0.1, 0.15) is 12.1 Å². The quantitative estimate of drug-likeness (QED) is 0.900. The Morgan fingerprint density at radius 3 is 2.92 bits per heavy atom. The number of thiophene rings is 1. The fourth-order valence-corrected chi connectivity index (χ4v) is 4.92. The van der Waals surface area contributed by atoms with E-state index in [-0.39, 0.29) is 6.10 Å². The fraction of sp³-hybridized carbons (Fsp3) is 0.611. The molecule has 0 radical (unpaired) electrons. The Morgan fingerprint density at radius 2 is 2.20 bits per heavy atom. The number of hydrogen-bond donors (Lipinski definition) is 1. The van der Waals surface area contributed by atoms with Gasteiger partial charge in [-0.25, -0.2) is 9.97 Å². The van der Waals surface area contributed by atoms with Crippen LogP contribution in [0.25, 0.3) is 10.2 Å². The minimum Gasteiger partial charge on any atom is -0.481 e. The van der Waals surface area contributed by atoms with Crippen LogP contribution in [-0.2, 0) is 9.53 Å². The third-order valence-electron chi connectivity index (χ3n) is 5.59. The van der Waals surface area contributed by atoms with Gasteiger partial charge >= 0.3 is 5.97 Å². The first kappa shape index (κ1) is 16.7. The van der Waals surface area contributed by atoms with Gasteiger partial charge in [-0.3, -0.25) is 4.79 Å². The second-order valence-electron chi connectivity index (χ2n) is 7.10. The number of aromatic nitrogens is 2. The molecular formula is C18H23N3O3S. The number of carbonyl (C=O) groups is 1. The van der Waals surface area contributed by atoms with Crippen LogP contribution in [0, 0.1) is 5.41 Å². The van der Waals surface area contributed by atoms with E-state index in [2.05, 4.69) is 14.9 Å². The Bertz CT molecular complexity index is 749. The van der Waals surface area contributed by atoms with Gasteiger partial charge < -0.3 is 14.7 Å². The van der Waals surface area contributed by atoms with E-state index in [9.17, 15) is 9.90 Å². The van der Waals surface area contributed by atoms with E-state index < -0.39 is 11.4 Å². The predicted octanol–water partition coefficient (Wildman–Crippen LogP) is 3.32. The van der Waals surface area contributed by atoms with E-state index in [1.54, 1.807) is 17.7 Å². The molecule has 6 nitrogen and oxygen atoms in total. The summed E-state index contributed by atoms with van der Waals surface area (Å²) < 4.78 is 6.90. The summed E-state index contributed by atoms with van der Waals surface area (Å²) in [7, 11) is 0. The molecule has 4 heterocycles. The third-order valence-corrected chi connectivity index (χ3v) is 6.49. The van der Waals surface area contributed by atoms with Crippen molar-refractivity contribution in [3.05, 3.63) is 17.8 Å². The molecule has 0 aromatic carbocycles. The minimum absolute atomic E-state index is 0.0967.